The minimum atomic E-state index is -0.457. The van der Waals surface area contributed by atoms with E-state index in [1.54, 1.807) is 23.7 Å². The van der Waals surface area contributed by atoms with E-state index in [1.807, 2.05) is 11.8 Å². The lowest BCUT2D eigenvalue weighted by Gasteiger charge is -2.27. The van der Waals surface area contributed by atoms with Gasteiger partial charge in [-0.25, -0.2) is 0 Å². The van der Waals surface area contributed by atoms with Gasteiger partial charge in [-0.2, -0.15) is 0 Å². The van der Waals surface area contributed by atoms with Gasteiger partial charge in [0, 0.05) is 31.3 Å². The molecule has 1 heterocycles. The van der Waals surface area contributed by atoms with Crippen LogP contribution in [0.4, 0.5) is 5.69 Å². The van der Waals surface area contributed by atoms with Crippen LogP contribution >= 0.6 is 11.8 Å². The first-order chi connectivity index (χ1) is 12.5. The summed E-state index contributed by atoms with van der Waals surface area (Å²) in [5, 5.41) is 19.8. The van der Waals surface area contributed by atoms with Crippen LogP contribution in [0.1, 0.15) is 43.0 Å². The van der Waals surface area contributed by atoms with Gasteiger partial charge in [0.2, 0.25) is 0 Å². The molecule has 0 unspecified atom stereocenters. The molecule has 0 radical (unpaired) electrons. The van der Waals surface area contributed by atoms with Crippen molar-refractivity contribution in [3.63, 3.8) is 0 Å². The van der Waals surface area contributed by atoms with Gasteiger partial charge in [-0.1, -0.05) is 12.8 Å². The second-order valence-electron chi connectivity index (χ2n) is 6.30. The minimum Gasteiger partial charge on any atom is -0.336 e. The highest BCUT2D eigenvalue weighted by atomic mass is 32.2. The van der Waals surface area contributed by atoms with Gasteiger partial charge in [0.25, 0.3) is 11.6 Å². The Bertz CT molecular complexity index is 816. The molecule has 0 saturated heterocycles. The Labute approximate surface area is 155 Å². The van der Waals surface area contributed by atoms with E-state index in [4.69, 9.17) is 0 Å². The van der Waals surface area contributed by atoms with Crippen LogP contribution < -0.4 is 0 Å². The molecule has 0 spiro atoms. The summed E-state index contributed by atoms with van der Waals surface area (Å²) in [4.78, 5) is 26.2. The van der Waals surface area contributed by atoms with Gasteiger partial charge in [-0.05, 0) is 43.7 Å². The van der Waals surface area contributed by atoms with Crippen LogP contribution in [0.3, 0.4) is 0 Å². The highest BCUT2D eigenvalue weighted by Gasteiger charge is 2.28. The molecule has 0 N–H and O–H groups in total. The average molecular weight is 375 g/mol. The molecule has 0 atom stereocenters. The summed E-state index contributed by atoms with van der Waals surface area (Å²) in [5.41, 5.74) is 0.263. The number of aromatic nitrogens is 3. The largest absolute Gasteiger partial charge is 0.336 e. The number of carbonyl (C=O) groups excluding carboxylic acids is 1. The number of hydrogen-bond donors (Lipinski definition) is 0. The van der Waals surface area contributed by atoms with Gasteiger partial charge in [0.15, 0.2) is 5.16 Å². The Balaban J connectivity index is 1.89. The third-order valence-corrected chi connectivity index (χ3v) is 5.76. The summed E-state index contributed by atoms with van der Waals surface area (Å²) in [7, 11) is 1.77. The molecule has 1 fully saturated rings. The Kier molecular flexibility index (Phi) is 5.55. The first kappa shape index (κ1) is 18.4. The topological polar surface area (TPSA) is 94.2 Å². The quantitative estimate of drug-likeness (QED) is 0.568. The first-order valence-corrected chi connectivity index (χ1v) is 9.44. The molecular formula is C17H21N5O3S. The Morgan fingerprint density at radius 3 is 2.73 bits per heavy atom. The van der Waals surface area contributed by atoms with Crippen molar-refractivity contribution < 1.29 is 9.72 Å². The molecule has 138 valence electrons. The summed E-state index contributed by atoms with van der Waals surface area (Å²) in [6.07, 6.45) is 5.79. The molecule has 1 saturated carbocycles. The second-order valence-corrected chi connectivity index (χ2v) is 7.30. The minimum absolute atomic E-state index is 0.0914. The summed E-state index contributed by atoms with van der Waals surface area (Å²) in [6.45, 7) is 2.55. The van der Waals surface area contributed by atoms with E-state index in [0.29, 0.717) is 22.2 Å². The van der Waals surface area contributed by atoms with Crippen LogP contribution in [0.2, 0.25) is 0 Å². The third kappa shape index (κ3) is 3.72. The zero-order chi connectivity index (χ0) is 18.7. The number of rotatable bonds is 6. The van der Waals surface area contributed by atoms with Gasteiger partial charge < -0.3 is 9.47 Å². The van der Waals surface area contributed by atoms with Crippen molar-refractivity contribution in [2.75, 3.05) is 6.54 Å². The molecule has 2 aromatic rings. The number of aryl methyl sites for hydroxylation is 1. The second kappa shape index (κ2) is 7.86. The molecule has 3 rings (SSSR count). The van der Waals surface area contributed by atoms with Gasteiger partial charge >= 0.3 is 0 Å². The lowest BCUT2D eigenvalue weighted by Crippen LogP contribution is -2.38. The van der Waals surface area contributed by atoms with Crippen molar-refractivity contribution in [2.45, 2.75) is 48.7 Å². The Hall–Kier alpha value is -2.42. The van der Waals surface area contributed by atoms with Gasteiger partial charge in [0.05, 0.1) is 9.82 Å². The lowest BCUT2D eigenvalue weighted by atomic mass is 10.1. The maximum atomic E-state index is 12.9. The van der Waals surface area contributed by atoms with E-state index in [0.717, 1.165) is 37.4 Å². The van der Waals surface area contributed by atoms with Gasteiger partial charge in [-0.15, -0.1) is 10.2 Å². The number of benzene rings is 1. The number of nitro groups is 1. The van der Waals surface area contributed by atoms with E-state index in [-0.39, 0.29) is 17.6 Å². The fraction of sp³-hybridized carbons (Fsp3) is 0.471. The van der Waals surface area contributed by atoms with Gasteiger partial charge in [0.1, 0.15) is 6.33 Å². The van der Waals surface area contributed by atoms with Crippen molar-refractivity contribution in [1.29, 1.82) is 0 Å². The van der Waals surface area contributed by atoms with Crippen LogP contribution in [0.5, 0.6) is 0 Å². The van der Waals surface area contributed by atoms with Crippen molar-refractivity contribution in [1.82, 2.24) is 19.7 Å². The summed E-state index contributed by atoms with van der Waals surface area (Å²) >= 11 is 1.16. The summed E-state index contributed by atoms with van der Waals surface area (Å²) in [5.74, 6) is -0.141. The maximum Gasteiger partial charge on any atom is 0.284 e. The fourth-order valence-electron chi connectivity index (χ4n) is 3.29. The van der Waals surface area contributed by atoms with Crippen LogP contribution in [-0.4, -0.2) is 43.1 Å². The molecule has 1 aromatic heterocycles. The fourth-order valence-corrected chi connectivity index (χ4v) is 4.14. The van der Waals surface area contributed by atoms with E-state index >= 15 is 0 Å². The Morgan fingerprint density at radius 2 is 2.15 bits per heavy atom. The average Bonchev–Trinajstić information content (AvgIpc) is 3.28. The number of carbonyl (C=O) groups is 1. The predicted molar refractivity (Wildman–Crippen MR) is 97.2 cm³/mol. The molecule has 0 bridgehead atoms. The summed E-state index contributed by atoms with van der Waals surface area (Å²) < 4.78 is 1.69. The predicted octanol–water partition coefficient (Wildman–Crippen LogP) is 3.28. The molecule has 9 heteroatoms. The highest BCUT2D eigenvalue weighted by molar-refractivity contribution is 7.99. The molecule has 0 aliphatic heterocycles. The zero-order valence-corrected chi connectivity index (χ0v) is 15.6. The number of hydrogen-bond acceptors (Lipinski definition) is 6. The number of amides is 1. The van der Waals surface area contributed by atoms with Gasteiger partial charge in [-0.3, -0.25) is 14.9 Å². The molecule has 1 aliphatic rings. The standard InChI is InChI=1S/C17H21N5O3S/c1-3-21(13-6-4-5-7-13)16(23)12-8-9-15(14(10-12)22(24)25)26-17-19-18-11-20(17)2/h8-11,13H,3-7H2,1-2H3. The molecular weight excluding hydrogens is 354 g/mol. The molecule has 8 nitrogen and oxygen atoms in total. The number of nitro benzene ring substituents is 1. The van der Waals surface area contributed by atoms with E-state index < -0.39 is 4.92 Å². The SMILES string of the molecule is CCN(C(=O)c1ccc(Sc2nncn2C)c([N+](=O)[O-])c1)C1CCCC1. The van der Waals surface area contributed by atoms with Crippen molar-refractivity contribution in [3.8, 4) is 0 Å². The Morgan fingerprint density at radius 1 is 1.42 bits per heavy atom. The van der Waals surface area contributed by atoms with Crippen LogP contribution in [0.25, 0.3) is 0 Å². The lowest BCUT2D eigenvalue weighted by molar-refractivity contribution is -0.387. The van der Waals surface area contributed by atoms with Crippen molar-refractivity contribution in [3.05, 3.63) is 40.2 Å². The van der Waals surface area contributed by atoms with Crippen molar-refractivity contribution >= 4 is 23.4 Å². The molecule has 1 aromatic carbocycles. The smallest absolute Gasteiger partial charge is 0.284 e. The number of nitrogens with zero attached hydrogens (tertiary/aromatic N) is 5. The zero-order valence-electron chi connectivity index (χ0n) is 14.8. The monoisotopic (exact) mass is 375 g/mol. The molecule has 1 amide bonds. The first-order valence-electron chi connectivity index (χ1n) is 8.62. The van der Waals surface area contributed by atoms with Crippen LogP contribution in [-0.2, 0) is 7.05 Å². The summed E-state index contributed by atoms with van der Waals surface area (Å²) in [6, 6.07) is 4.89. The van der Waals surface area contributed by atoms with Crippen LogP contribution in [0, 0.1) is 10.1 Å². The maximum absolute atomic E-state index is 12.9. The third-order valence-electron chi connectivity index (χ3n) is 4.64. The van der Waals surface area contributed by atoms with E-state index in [9.17, 15) is 14.9 Å². The molecule has 26 heavy (non-hydrogen) atoms. The normalized spacial score (nSPS) is 14.5. The van der Waals surface area contributed by atoms with Crippen LogP contribution in [0.15, 0.2) is 34.6 Å². The van der Waals surface area contributed by atoms with E-state index in [1.165, 1.54) is 12.4 Å². The van der Waals surface area contributed by atoms with Crippen molar-refractivity contribution in [2.24, 2.45) is 7.05 Å². The highest BCUT2D eigenvalue weighted by Crippen LogP contribution is 2.35. The molecule has 1 aliphatic carbocycles. The van der Waals surface area contributed by atoms with E-state index in [2.05, 4.69) is 10.2 Å².